The van der Waals surface area contributed by atoms with Gasteiger partial charge in [0.2, 0.25) is 0 Å². The molecule has 4 saturated carbocycles. The summed E-state index contributed by atoms with van der Waals surface area (Å²) in [6.45, 7) is 7.44. The standard InChI is InChI=1S/C21H30O2/c1-19-6-4-14(22)8-12(19)10-17(23)18-15(19)5-7-20(2)16(18)9-13-11-21(13,20)3/h8,13,15-18,23H,4-7,9-11H2,1-3H3/t13-,15-,16-,17-,18+,19-,20-,21?/m0/s1. The monoisotopic (exact) mass is 314 g/mol. The van der Waals surface area contributed by atoms with Gasteiger partial charge < -0.3 is 5.11 Å². The number of aliphatic hydroxyl groups is 1. The number of hydrogen-bond acceptors (Lipinski definition) is 2. The normalized spacial score (nSPS) is 60.3. The molecule has 0 aliphatic heterocycles. The molecule has 0 bridgehead atoms. The van der Waals surface area contributed by atoms with Crippen LogP contribution in [0.2, 0.25) is 0 Å². The SMILES string of the molecule is CC12C[C@@H]1C[C@H]1[C@@H]3[C@@H](O)CC4=CC(=O)CC[C@]4(C)[C@H]3CC[C@@]12C. The van der Waals surface area contributed by atoms with E-state index in [-0.39, 0.29) is 17.3 Å². The summed E-state index contributed by atoms with van der Waals surface area (Å²) in [7, 11) is 0. The van der Waals surface area contributed by atoms with Crippen LogP contribution in [-0.2, 0) is 4.79 Å². The Balaban J connectivity index is 1.56. The van der Waals surface area contributed by atoms with Crippen molar-refractivity contribution >= 4 is 5.78 Å². The number of hydrogen-bond donors (Lipinski definition) is 1. The third-order valence-electron chi connectivity index (χ3n) is 9.63. The van der Waals surface area contributed by atoms with Gasteiger partial charge in [-0.2, -0.15) is 0 Å². The molecule has 0 saturated heterocycles. The zero-order chi connectivity index (χ0) is 16.2. The van der Waals surface area contributed by atoms with Gasteiger partial charge in [-0.15, -0.1) is 0 Å². The first-order valence-corrected chi connectivity index (χ1v) is 9.71. The molecule has 4 fully saturated rings. The van der Waals surface area contributed by atoms with Gasteiger partial charge in [-0.05, 0) is 84.5 Å². The van der Waals surface area contributed by atoms with Crippen molar-refractivity contribution < 1.29 is 9.90 Å². The van der Waals surface area contributed by atoms with Crippen LogP contribution in [0, 0.1) is 39.9 Å². The molecule has 5 rings (SSSR count). The maximum absolute atomic E-state index is 11.9. The molecule has 0 aromatic heterocycles. The Morgan fingerprint density at radius 2 is 1.91 bits per heavy atom. The summed E-state index contributed by atoms with van der Waals surface area (Å²) in [6, 6.07) is 0. The van der Waals surface area contributed by atoms with Gasteiger partial charge in [0.15, 0.2) is 5.78 Å². The second kappa shape index (κ2) is 4.12. The van der Waals surface area contributed by atoms with E-state index in [2.05, 4.69) is 20.8 Å². The first-order valence-electron chi connectivity index (χ1n) is 9.71. The smallest absolute Gasteiger partial charge is 0.155 e. The number of rotatable bonds is 0. The highest BCUT2D eigenvalue weighted by atomic mass is 16.3. The summed E-state index contributed by atoms with van der Waals surface area (Å²) < 4.78 is 0. The third kappa shape index (κ3) is 1.57. The summed E-state index contributed by atoms with van der Waals surface area (Å²) in [5.74, 6) is 2.95. The van der Waals surface area contributed by atoms with Crippen molar-refractivity contribution in [1.82, 2.24) is 0 Å². The highest BCUT2D eigenvalue weighted by molar-refractivity contribution is 5.91. The van der Waals surface area contributed by atoms with Crippen molar-refractivity contribution in [2.45, 2.75) is 71.8 Å². The second-order valence-corrected chi connectivity index (χ2v) is 10.1. The maximum Gasteiger partial charge on any atom is 0.155 e. The summed E-state index contributed by atoms with van der Waals surface area (Å²) >= 11 is 0. The van der Waals surface area contributed by atoms with E-state index in [9.17, 15) is 9.90 Å². The molecule has 8 atom stereocenters. The minimum Gasteiger partial charge on any atom is -0.392 e. The fraction of sp³-hybridized carbons (Fsp3) is 0.857. The molecule has 0 spiro atoms. The lowest BCUT2D eigenvalue weighted by atomic mass is 9.45. The van der Waals surface area contributed by atoms with Gasteiger partial charge in [-0.1, -0.05) is 26.3 Å². The van der Waals surface area contributed by atoms with Gasteiger partial charge in [0.1, 0.15) is 0 Å². The number of aliphatic hydroxyl groups excluding tert-OH is 1. The molecule has 0 amide bonds. The first kappa shape index (κ1) is 14.7. The van der Waals surface area contributed by atoms with Crippen LogP contribution in [0.5, 0.6) is 0 Å². The molecule has 0 heterocycles. The number of carbonyl (C=O) groups is 1. The number of carbonyl (C=O) groups excluding carboxylic acids is 1. The Labute approximate surface area is 139 Å². The van der Waals surface area contributed by atoms with E-state index in [4.69, 9.17) is 0 Å². The molecule has 126 valence electrons. The quantitative estimate of drug-likeness (QED) is 0.730. The summed E-state index contributed by atoms with van der Waals surface area (Å²) in [5.41, 5.74) is 2.44. The molecule has 23 heavy (non-hydrogen) atoms. The summed E-state index contributed by atoms with van der Waals surface area (Å²) in [6.07, 6.45) is 9.48. The maximum atomic E-state index is 11.9. The largest absolute Gasteiger partial charge is 0.392 e. The fourth-order valence-electron chi connectivity index (χ4n) is 7.80. The van der Waals surface area contributed by atoms with Crippen LogP contribution in [-0.4, -0.2) is 17.0 Å². The van der Waals surface area contributed by atoms with Crippen LogP contribution >= 0.6 is 0 Å². The lowest BCUT2D eigenvalue weighted by molar-refractivity contribution is -0.126. The fourth-order valence-corrected chi connectivity index (χ4v) is 7.80. The molecule has 0 radical (unpaired) electrons. The molecule has 1 N–H and O–H groups in total. The topological polar surface area (TPSA) is 37.3 Å². The zero-order valence-electron chi connectivity index (χ0n) is 14.8. The van der Waals surface area contributed by atoms with E-state index >= 15 is 0 Å². The van der Waals surface area contributed by atoms with Gasteiger partial charge in [0.25, 0.3) is 0 Å². The van der Waals surface area contributed by atoms with Gasteiger partial charge in [-0.3, -0.25) is 4.79 Å². The predicted molar refractivity (Wildman–Crippen MR) is 89.7 cm³/mol. The van der Waals surface area contributed by atoms with E-state index in [0.717, 1.165) is 18.8 Å². The van der Waals surface area contributed by atoms with Crippen molar-refractivity contribution in [3.8, 4) is 0 Å². The number of fused-ring (bicyclic) bond motifs is 7. The Morgan fingerprint density at radius 3 is 2.70 bits per heavy atom. The van der Waals surface area contributed by atoms with Crippen LogP contribution < -0.4 is 0 Å². The van der Waals surface area contributed by atoms with Crippen LogP contribution in [0.1, 0.15) is 65.7 Å². The van der Waals surface area contributed by atoms with E-state index in [1.807, 2.05) is 6.08 Å². The third-order valence-corrected chi connectivity index (χ3v) is 9.63. The van der Waals surface area contributed by atoms with Crippen molar-refractivity contribution in [3.05, 3.63) is 11.6 Å². The lowest BCUT2D eigenvalue weighted by Gasteiger charge is -2.60. The molecular formula is C21H30O2. The van der Waals surface area contributed by atoms with E-state index in [1.165, 1.54) is 31.3 Å². The van der Waals surface area contributed by atoms with Crippen molar-refractivity contribution in [1.29, 1.82) is 0 Å². The highest BCUT2D eigenvalue weighted by Crippen LogP contribution is 2.80. The first-order chi connectivity index (χ1) is 10.8. The Kier molecular flexibility index (Phi) is 2.63. The minimum absolute atomic E-state index is 0.173. The van der Waals surface area contributed by atoms with Crippen LogP contribution in [0.15, 0.2) is 11.6 Å². The van der Waals surface area contributed by atoms with Gasteiger partial charge in [0.05, 0.1) is 6.10 Å². The van der Waals surface area contributed by atoms with Gasteiger partial charge in [0, 0.05) is 6.42 Å². The van der Waals surface area contributed by atoms with Crippen LogP contribution in [0.25, 0.3) is 0 Å². The lowest BCUT2D eigenvalue weighted by Crippen LogP contribution is -2.56. The number of ketones is 1. The molecule has 0 aromatic rings. The Morgan fingerprint density at radius 1 is 1.13 bits per heavy atom. The second-order valence-electron chi connectivity index (χ2n) is 10.1. The summed E-state index contributed by atoms with van der Waals surface area (Å²) in [4.78, 5) is 11.9. The molecule has 2 nitrogen and oxygen atoms in total. The predicted octanol–water partition coefficient (Wildman–Crippen LogP) is 4.13. The molecule has 5 aliphatic rings. The molecule has 5 aliphatic carbocycles. The Hall–Kier alpha value is -0.630. The van der Waals surface area contributed by atoms with Crippen LogP contribution in [0.3, 0.4) is 0 Å². The molecule has 1 unspecified atom stereocenters. The van der Waals surface area contributed by atoms with E-state index in [0.29, 0.717) is 35.0 Å². The average molecular weight is 314 g/mol. The molecular weight excluding hydrogens is 284 g/mol. The van der Waals surface area contributed by atoms with E-state index < -0.39 is 0 Å². The van der Waals surface area contributed by atoms with E-state index in [1.54, 1.807) is 0 Å². The molecule has 0 aromatic carbocycles. The van der Waals surface area contributed by atoms with Crippen molar-refractivity contribution in [3.63, 3.8) is 0 Å². The minimum atomic E-state index is -0.226. The van der Waals surface area contributed by atoms with Crippen LogP contribution in [0.4, 0.5) is 0 Å². The molecule has 2 heteroatoms. The zero-order valence-corrected chi connectivity index (χ0v) is 14.8. The van der Waals surface area contributed by atoms with Crippen molar-refractivity contribution in [2.24, 2.45) is 39.9 Å². The van der Waals surface area contributed by atoms with Gasteiger partial charge >= 0.3 is 0 Å². The summed E-state index contributed by atoms with van der Waals surface area (Å²) in [5, 5.41) is 11.0. The highest BCUT2D eigenvalue weighted by Gasteiger charge is 2.73. The van der Waals surface area contributed by atoms with Crippen molar-refractivity contribution in [2.75, 3.05) is 0 Å². The Bertz CT molecular complexity index is 621. The van der Waals surface area contributed by atoms with Gasteiger partial charge in [-0.25, -0.2) is 0 Å². The average Bonchev–Trinajstić information content (AvgIpc) is 3.10.